The number of nitrogens with zero attached hydrogens (tertiary/aromatic N) is 2. The summed E-state index contributed by atoms with van der Waals surface area (Å²) in [6.07, 6.45) is 3.23. The molecule has 0 spiro atoms. The maximum absolute atomic E-state index is 13.4. The molecule has 156 valence electrons. The van der Waals surface area contributed by atoms with Crippen LogP contribution in [0.3, 0.4) is 0 Å². The number of hydrogen-bond acceptors (Lipinski definition) is 3. The van der Waals surface area contributed by atoms with Gasteiger partial charge in [0.05, 0.1) is 15.0 Å². The molecule has 1 aliphatic rings. The molecule has 0 saturated carbocycles. The van der Waals surface area contributed by atoms with Gasteiger partial charge in [-0.25, -0.2) is 12.8 Å². The molecular weight excluding hydrogens is 434 g/mol. The molecule has 3 rings (SSSR count). The third-order valence-corrected chi connectivity index (χ3v) is 7.61. The summed E-state index contributed by atoms with van der Waals surface area (Å²) >= 11 is 12.1. The Kier molecular flexibility index (Phi) is 7.22. The van der Waals surface area contributed by atoms with Gasteiger partial charge in [0.2, 0.25) is 10.0 Å². The van der Waals surface area contributed by atoms with Gasteiger partial charge in [-0.3, -0.25) is 0 Å². The largest absolute Gasteiger partial charge is 0.369 e. The predicted molar refractivity (Wildman–Crippen MR) is 118 cm³/mol. The Bertz CT molecular complexity index is 986. The molecule has 4 nitrogen and oxygen atoms in total. The number of anilines is 1. The van der Waals surface area contributed by atoms with Gasteiger partial charge in [0, 0.05) is 31.9 Å². The van der Waals surface area contributed by atoms with Gasteiger partial charge in [0.15, 0.2) is 0 Å². The van der Waals surface area contributed by atoms with Crippen LogP contribution in [0.5, 0.6) is 0 Å². The zero-order valence-corrected chi connectivity index (χ0v) is 18.4. The third kappa shape index (κ3) is 5.12. The Morgan fingerprint density at radius 3 is 2.28 bits per heavy atom. The minimum Gasteiger partial charge on any atom is -0.369 e. The smallest absolute Gasteiger partial charge is 0.243 e. The Morgan fingerprint density at radius 2 is 1.69 bits per heavy atom. The van der Waals surface area contributed by atoms with Crippen molar-refractivity contribution in [3.63, 3.8) is 0 Å². The number of unbranched alkanes of at least 4 members (excludes halogenated alkanes) is 1. The van der Waals surface area contributed by atoms with E-state index in [1.165, 1.54) is 16.4 Å². The van der Waals surface area contributed by atoms with E-state index in [0.29, 0.717) is 48.2 Å². The van der Waals surface area contributed by atoms with Crippen LogP contribution < -0.4 is 4.90 Å². The van der Waals surface area contributed by atoms with Crippen LogP contribution in [0.1, 0.15) is 25.3 Å². The van der Waals surface area contributed by atoms with E-state index in [1.807, 2.05) is 6.92 Å². The second-order valence-electron chi connectivity index (χ2n) is 6.85. The van der Waals surface area contributed by atoms with E-state index in [4.69, 9.17) is 23.2 Å². The van der Waals surface area contributed by atoms with Crippen LogP contribution in [-0.2, 0) is 10.0 Å². The minimum atomic E-state index is -3.69. The van der Waals surface area contributed by atoms with Crippen molar-refractivity contribution in [2.24, 2.45) is 0 Å². The maximum atomic E-state index is 13.4. The molecule has 29 heavy (non-hydrogen) atoms. The first-order chi connectivity index (χ1) is 13.8. The number of hydrogen-bond donors (Lipinski definition) is 0. The fourth-order valence-electron chi connectivity index (χ4n) is 3.27. The first kappa shape index (κ1) is 22.1. The fraction of sp³-hybridized carbons (Fsp3) is 0.333. The summed E-state index contributed by atoms with van der Waals surface area (Å²) < 4.78 is 41.4. The number of rotatable bonds is 6. The lowest BCUT2D eigenvalue weighted by molar-refractivity contribution is 0.390. The molecule has 0 unspecified atom stereocenters. The lowest BCUT2D eigenvalue weighted by atomic mass is 10.2. The van der Waals surface area contributed by atoms with Crippen LogP contribution in [0.4, 0.5) is 10.1 Å². The fourth-order valence-corrected chi connectivity index (χ4v) is 5.25. The van der Waals surface area contributed by atoms with E-state index in [0.717, 1.165) is 12.1 Å². The first-order valence-electron chi connectivity index (χ1n) is 9.49. The molecule has 0 amide bonds. The monoisotopic (exact) mass is 456 g/mol. The lowest BCUT2D eigenvalue weighted by Crippen LogP contribution is -2.48. The van der Waals surface area contributed by atoms with Gasteiger partial charge in [-0.1, -0.05) is 48.7 Å². The second kappa shape index (κ2) is 9.47. The molecule has 1 aliphatic heterocycles. The molecular formula is C21H23Cl2FN2O2S. The van der Waals surface area contributed by atoms with Gasteiger partial charge in [-0.2, -0.15) is 4.31 Å². The highest BCUT2D eigenvalue weighted by atomic mass is 35.5. The van der Waals surface area contributed by atoms with Crippen LogP contribution in [-0.4, -0.2) is 38.9 Å². The molecule has 1 saturated heterocycles. The number of sulfonamides is 1. The standard InChI is InChI=1S/C21H23Cl2FN2O2S/c1-2-3-4-21(16-5-10-19(22)20(23)15-16)29(27,28)26-13-11-25(12-14-26)18-8-6-17(24)7-9-18/h4-10,15H,2-3,11-14H2,1H3. The van der Waals surface area contributed by atoms with Crippen molar-refractivity contribution in [1.29, 1.82) is 0 Å². The zero-order valence-electron chi connectivity index (χ0n) is 16.1. The summed E-state index contributed by atoms with van der Waals surface area (Å²) in [5.41, 5.74) is 1.42. The molecule has 2 aromatic carbocycles. The van der Waals surface area contributed by atoms with Crippen molar-refractivity contribution >= 4 is 43.8 Å². The van der Waals surface area contributed by atoms with E-state index < -0.39 is 10.0 Å². The topological polar surface area (TPSA) is 40.6 Å². The van der Waals surface area contributed by atoms with E-state index in [1.54, 1.807) is 36.4 Å². The predicted octanol–water partition coefficient (Wildman–Crippen LogP) is 5.43. The summed E-state index contributed by atoms with van der Waals surface area (Å²) in [6.45, 7) is 3.77. The number of halogens is 3. The van der Waals surface area contributed by atoms with E-state index in [2.05, 4.69) is 4.90 Å². The van der Waals surface area contributed by atoms with Crippen molar-refractivity contribution in [1.82, 2.24) is 4.31 Å². The van der Waals surface area contributed by atoms with Gasteiger partial charge >= 0.3 is 0 Å². The highest BCUT2D eigenvalue weighted by Gasteiger charge is 2.31. The average Bonchev–Trinajstić information content (AvgIpc) is 2.71. The Hall–Kier alpha value is -1.60. The molecule has 0 radical (unpaired) electrons. The molecule has 0 bridgehead atoms. The van der Waals surface area contributed by atoms with Gasteiger partial charge in [0.1, 0.15) is 5.82 Å². The molecule has 0 atom stereocenters. The van der Waals surface area contributed by atoms with Crippen molar-refractivity contribution in [2.45, 2.75) is 19.8 Å². The van der Waals surface area contributed by atoms with Gasteiger partial charge in [-0.15, -0.1) is 0 Å². The highest BCUT2D eigenvalue weighted by molar-refractivity contribution is 7.98. The number of allylic oxidation sites excluding steroid dienone is 1. The minimum absolute atomic E-state index is 0.258. The Labute approximate surface area is 181 Å². The highest BCUT2D eigenvalue weighted by Crippen LogP contribution is 2.31. The van der Waals surface area contributed by atoms with E-state index in [9.17, 15) is 12.8 Å². The number of benzene rings is 2. The van der Waals surface area contributed by atoms with Gasteiger partial charge < -0.3 is 4.90 Å². The lowest BCUT2D eigenvalue weighted by Gasteiger charge is -2.35. The van der Waals surface area contributed by atoms with Crippen LogP contribution in [0.15, 0.2) is 48.5 Å². The van der Waals surface area contributed by atoms with Crippen LogP contribution in [0, 0.1) is 5.82 Å². The molecule has 8 heteroatoms. The molecule has 1 heterocycles. The second-order valence-corrected chi connectivity index (χ2v) is 9.57. The summed E-state index contributed by atoms with van der Waals surface area (Å²) in [6, 6.07) is 11.1. The van der Waals surface area contributed by atoms with E-state index >= 15 is 0 Å². The van der Waals surface area contributed by atoms with Crippen molar-refractivity contribution in [3.05, 3.63) is 70.0 Å². The Balaban J connectivity index is 1.81. The summed E-state index contributed by atoms with van der Waals surface area (Å²) in [4.78, 5) is 2.31. The van der Waals surface area contributed by atoms with Crippen molar-refractivity contribution in [3.8, 4) is 0 Å². The summed E-state index contributed by atoms with van der Waals surface area (Å²) in [5, 5.41) is 0.707. The molecule has 2 aromatic rings. The average molecular weight is 457 g/mol. The van der Waals surface area contributed by atoms with E-state index in [-0.39, 0.29) is 10.7 Å². The SMILES string of the molecule is CCCC=C(c1ccc(Cl)c(Cl)c1)S(=O)(=O)N1CCN(c2ccc(F)cc2)CC1. The van der Waals surface area contributed by atoms with Crippen LogP contribution in [0.25, 0.3) is 4.91 Å². The van der Waals surface area contributed by atoms with Crippen LogP contribution in [0.2, 0.25) is 10.0 Å². The van der Waals surface area contributed by atoms with Crippen molar-refractivity contribution in [2.75, 3.05) is 31.1 Å². The van der Waals surface area contributed by atoms with Crippen LogP contribution >= 0.6 is 23.2 Å². The maximum Gasteiger partial charge on any atom is 0.243 e. The van der Waals surface area contributed by atoms with Gasteiger partial charge in [0.25, 0.3) is 0 Å². The Morgan fingerprint density at radius 1 is 1.03 bits per heavy atom. The first-order valence-corrected chi connectivity index (χ1v) is 11.7. The van der Waals surface area contributed by atoms with Crippen molar-refractivity contribution < 1.29 is 12.8 Å². The zero-order chi connectivity index (χ0) is 21.0. The molecule has 0 aromatic heterocycles. The quantitative estimate of drug-likeness (QED) is 0.581. The molecule has 0 aliphatic carbocycles. The number of piperazine rings is 1. The molecule has 1 fully saturated rings. The summed E-state index contributed by atoms with van der Waals surface area (Å²) in [5.74, 6) is -0.290. The molecule has 0 N–H and O–H groups in total. The summed E-state index contributed by atoms with van der Waals surface area (Å²) in [7, 11) is -3.69. The third-order valence-electron chi connectivity index (χ3n) is 4.87. The van der Waals surface area contributed by atoms with Gasteiger partial charge in [-0.05, 0) is 48.4 Å². The normalized spacial score (nSPS) is 16.3.